The summed E-state index contributed by atoms with van der Waals surface area (Å²) in [6.45, 7) is 6.11. The summed E-state index contributed by atoms with van der Waals surface area (Å²) in [4.78, 5) is 0.0680. The van der Waals surface area contributed by atoms with Crippen molar-refractivity contribution in [3.05, 3.63) is 57.6 Å². The Balaban J connectivity index is 0.00000450. The zero-order valence-electron chi connectivity index (χ0n) is 17.8. The van der Waals surface area contributed by atoms with Crippen LogP contribution in [-0.2, 0) is 23.0 Å². The highest BCUT2D eigenvalue weighted by molar-refractivity contribution is 7.89. The van der Waals surface area contributed by atoms with Gasteiger partial charge in [0.25, 0.3) is 0 Å². The average molecular weight is 479 g/mol. The van der Waals surface area contributed by atoms with Gasteiger partial charge in [-0.1, -0.05) is 31.5 Å². The Morgan fingerprint density at radius 1 is 1.37 bits per heavy atom. The fraction of sp³-hybridized carbons (Fsp3) is 0.450. The van der Waals surface area contributed by atoms with Gasteiger partial charge in [-0.05, 0) is 36.6 Å². The molecule has 0 saturated heterocycles. The predicted molar refractivity (Wildman–Crippen MR) is 122 cm³/mol. The van der Waals surface area contributed by atoms with Gasteiger partial charge in [-0.2, -0.15) is 5.10 Å². The topological polar surface area (TPSA) is 81.2 Å². The molecule has 10 heteroatoms. The molecule has 0 spiro atoms. The van der Waals surface area contributed by atoms with E-state index in [4.69, 9.17) is 17.3 Å². The van der Waals surface area contributed by atoms with Crippen LogP contribution in [0.1, 0.15) is 42.3 Å². The fourth-order valence-electron chi connectivity index (χ4n) is 3.22. The number of benzene rings is 1. The van der Waals surface area contributed by atoms with Crippen LogP contribution in [0.4, 0.5) is 4.39 Å². The summed E-state index contributed by atoms with van der Waals surface area (Å²) in [7, 11) is -0.689. The van der Waals surface area contributed by atoms with Crippen LogP contribution in [-0.4, -0.2) is 43.1 Å². The number of aryl methyl sites for hydroxylation is 1. The van der Waals surface area contributed by atoms with Gasteiger partial charge >= 0.3 is 0 Å². The Bertz CT molecular complexity index is 1020. The molecule has 168 valence electrons. The normalized spacial score (nSPS) is 12.5. The standard InChI is InChI=1S/C20H28ClFN4O2S.ClH/c1-13(2)20-17(14(3)24-26(20)12-16(22)8-9-23)10-15-6-7-19(18(21)11-15)29(27,28)25(4)5;/h6-8,11,13H,9-10,12,23H2,1-5H3;1H. The van der Waals surface area contributed by atoms with Crippen LogP contribution in [0.2, 0.25) is 5.02 Å². The Labute approximate surface area is 189 Å². The van der Waals surface area contributed by atoms with Crippen LogP contribution in [0, 0.1) is 6.92 Å². The highest BCUT2D eigenvalue weighted by atomic mass is 35.5. The molecule has 0 aliphatic carbocycles. The van der Waals surface area contributed by atoms with E-state index in [2.05, 4.69) is 5.10 Å². The third kappa shape index (κ3) is 5.82. The molecule has 0 saturated carbocycles. The van der Waals surface area contributed by atoms with Crippen molar-refractivity contribution in [1.29, 1.82) is 0 Å². The van der Waals surface area contributed by atoms with Crippen LogP contribution < -0.4 is 5.73 Å². The lowest BCUT2D eigenvalue weighted by atomic mass is 9.97. The molecule has 2 aromatic rings. The SMILES string of the molecule is Cc1nn(CC(F)=CCN)c(C(C)C)c1Cc1ccc(S(=O)(=O)N(C)C)c(Cl)c1.Cl. The molecular formula is C20H29Cl2FN4O2S. The summed E-state index contributed by atoms with van der Waals surface area (Å²) in [6, 6.07) is 4.93. The second-order valence-corrected chi connectivity index (χ2v) is 9.90. The van der Waals surface area contributed by atoms with Crippen LogP contribution in [0.3, 0.4) is 0 Å². The zero-order valence-corrected chi connectivity index (χ0v) is 20.2. The lowest BCUT2D eigenvalue weighted by molar-refractivity contribution is 0.504. The quantitative estimate of drug-likeness (QED) is 0.620. The number of sulfonamides is 1. The van der Waals surface area contributed by atoms with Crippen molar-refractivity contribution in [3.8, 4) is 0 Å². The predicted octanol–water partition coefficient (Wildman–Crippen LogP) is 4.04. The van der Waals surface area contributed by atoms with Crippen LogP contribution in [0.5, 0.6) is 0 Å². The van der Waals surface area contributed by atoms with Crippen molar-refractivity contribution < 1.29 is 12.8 Å². The van der Waals surface area contributed by atoms with Crippen molar-refractivity contribution in [2.45, 2.75) is 44.6 Å². The zero-order chi connectivity index (χ0) is 21.9. The first-order chi connectivity index (χ1) is 13.5. The maximum Gasteiger partial charge on any atom is 0.244 e. The lowest BCUT2D eigenvalue weighted by Gasteiger charge is -2.15. The second-order valence-electron chi connectivity index (χ2n) is 7.38. The molecule has 0 amide bonds. The summed E-state index contributed by atoms with van der Waals surface area (Å²) >= 11 is 6.28. The maximum absolute atomic E-state index is 14.0. The Hall–Kier alpha value is -1.45. The lowest BCUT2D eigenvalue weighted by Crippen LogP contribution is -2.22. The number of aromatic nitrogens is 2. The second kappa shape index (κ2) is 10.7. The molecule has 1 aromatic heterocycles. The minimum Gasteiger partial charge on any atom is -0.327 e. The number of hydrogen-bond acceptors (Lipinski definition) is 4. The van der Waals surface area contributed by atoms with Crippen molar-refractivity contribution >= 4 is 34.0 Å². The van der Waals surface area contributed by atoms with E-state index in [-0.39, 0.29) is 47.2 Å². The van der Waals surface area contributed by atoms with E-state index in [9.17, 15) is 12.8 Å². The molecule has 1 aromatic carbocycles. The Kier molecular flexibility index (Phi) is 9.51. The van der Waals surface area contributed by atoms with E-state index < -0.39 is 10.0 Å². The van der Waals surface area contributed by atoms with E-state index in [1.165, 1.54) is 26.2 Å². The van der Waals surface area contributed by atoms with Gasteiger partial charge in [-0.3, -0.25) is 4.68 Å². The third-order valence-corrected chi connectivity index (χ3v) is 6.92. The molecule has 0 radical (unpaired) electrons. The van der Waals surface area contributed by atoms with Gasteiger partial charge in [-0.15, -0.1) is 12.4 Å². The molecule has 2 rings (SSSR count). The molecule has 0 atom stereocenters. The van der Waals surface area contributed by atoms with Gasteiger partial charge in [0, 0.05) is 38.3 Å². The van der Waals surface area contributed by atoms with Crippen LogP contribution in [0.25, 0.3) is 0 Å². The van der Waals surface area contributed by atoms with Gasteiger partial charge in [-0.25, -0.2) is 17.1 Å². The molecule has 0 unspecified atom stereocenters. The Morgan fingerprint density at radius 3 is 2.50 bits per heavy atom. The third-order valence-electron chi connectivity index (χ3n) is 4.62. The number of nitrogens with two attached hydrogens (primary N) is 1. The first-order valence-corrected chi connectivity index (χ1v) is 11.1. The molecule has 0 fully saturated rings. The number of nitrogens with zero attached hydrogens (tertiary/aromatic N) is 3. The monoisotopic (exact) mass is 478 g/mol. The fourth-order valence-corrected chi connectivity index (χ4v) is 4.66. The first kappa shape index (κ1) is 26.6. The highest BCUT2D eigenvalue weighted by Gasteiger charge is 2.22. The van der Waals surface area contributed by atoms with Gasteiger partial charge in [0.2, 0.25) is 10.0 Å². The number of rotatable bonds is 8. The molecule has 2 N–H and O–H groups in total. The van der Waals surface area contributed by atoms with Gasteiger partial charge < -0.3 is 5.73 Å². The minimum absolute atomic E-state index is 0. The molecule has 0 bridgehead atoms. The van der Waals surface area contributed by atoms with E-state index >= 15 is 0 Å². The van der Waals surface area contributed by atoms with E-state index in [0.29, 0.717) is 6.42 Å². The highest BCUT2D eigenvalue weighted by Crippen LogP contribution is 2.29. The van der Waals surface area contributed by atoms with E-state index in [0.717, 1.165) is 26.8 Å². The van der Waals surface area contributed by atoms with Crippen LogP contribution in [0.15, 0.2) is 35.0 Å². The Morgan fingerprint density at radius 2 is 2.00 bits per heavy atom. The molecular weight excluding hydrogens is 450 g/mol. The van der Waals surface area contributed by atoms with Crippen molar-refractivity contribution in [2.24, 2.45) is 5.73 Å². The largest absolute Gasteiger partial charge is 0.327 e. The summed E-state index contributed by atoms with van der Waals surface area (Å²) in [6.07, 6.45) is 1.86. The minimum atomic E-state index is -3.62. The van der Waals surface area contributed by atoms with E-state index in [1.54, 1.807) is 16.8 Å². The first-order valence-electron chi connectivity index (χ1n) is 9.30. The molecule has 0 aliphatic heterocycles. The van der Waals surface area contributed by atoms with Gasteiger partial charge in [0.05, 0.1) is 17.3 Å². The maximum atomic E-state index is 14.0. The summed E-state index contributed by atoms with van der Waals surface area (Å²) < 4.78 is 41.5. The molecule has 6 nitrogen and oxygen atoms in total. The van der Waals surface area contributed by atoms with Crippen molar-refractivity contribution in [1.82, 2.24) is 14.1 Å². The average Bonchev–Trinajstić information content (AvgIpc) is 2.89. The van der Waals surface area contributed by atoms with E-state index in [1.807, 2.05) is 20.8 Å². The summed E-state index contributed by atoms with van der Waals surface area (Å²) in [5.74, 6) is -0.203. The number of halogens is 3. The number of allylic oxidation sites excluding steroid dienone is 1. The van der Waals surface area contributed by atoms with Crippen molar-refractivity contribution in [3.63, 3.8) is 0 Å². The van der Waals surface area contributed by atoms with Gasteiger partial charge in [0.15, 0.2) is 0 Å². The van der Waals surface area contributed by atoms with Gasteiger partial charge in [0.1, 0.15) is 10.7 Å². The van der Waals surface area contributed by atoms with Crippen molar-refractivity contribution in [2.75, 3.05) is 20.6 Å². The van der Waals surface area contributed by atoms with Crippen LogP contribution >= 0.6 is 24.0 Å². The summed E-state index contributed by atoms with van der Waals surface area (Å²) in [5, 5.41) is 4.68. The summed E-state index contributed by atoms with van der Waals surface area (Å²) in [5.41, 5.74) is 8.97. The number of hydrogen-bond donors (Lipinski definition) is 1. The smallest absolute Gasteiger partial charge is 0.244 e. The molecule has 1 heterocycles. The molecule has 30 heavy (non-hydrogen) atoms. The molecule has 0 aliphatic rings.